The average molecular weight is 315 g/mol. The van der Waals surface area contributed by atoms with Gasteiger partial charge in [0, 0.05) is 22.5 Å². The van der Waals surface area contributed by atoms with Gasteiger partial charge in [-0.25, -0.2) is 0 Å². The number of amides is 1. The number of fused-ring (bicyclic) bond motifs is 2. The van der Waals surface area contributed by atoms with Gasteiger partial charge in [0.2, 0.25) is 0 Å². The van der Waals surface area contributed by atoms with Crippen LogP contribution in [-0.2, 0) is 13.0 Å². The van der Waals surface area contributed by atoms with E-state index in [0.29, 0.717) is 6.54 Å². The molecule has 0 fully saturated rings. The third kappa shape index (κ3) is 2.22. The summed E-state index contributed by atoms with van der Waals surface area (Å²) in [5, 5.41) is 11.6. The monoisotopic (exact) mass is 315 g/mol. The standard InChI is InChI=1S/C16H13NO2S2/c18-12-2-1-10-3-5-17(9-11(10)7-12)16(19)15-8-14-13(21-15)4-6-20-14/h1-2,4,6-8,18H,3,5,9H2. The van der Waals surface area contributed by atoms with Gasteiger partial charge < -0.3 is 10.0 Å². The van der Waals surface area contributed by atoms with Gasteiger partial charge in [0.15, 0.2) is 0 Å². The molecule has 1 aromatic carbocycles. The van der Waals surface area contributed by atoms with Gasteiger partial charge in [-0.15, -0.1) is 22.7 Å². The summed E-state index contributed by atoms with van der Waals surface area (Å²) < 4.78 is 2.36. The number of phenols is 1. The van der Waals surface area contributed by atoms with Crippen LogP contribution >= 0.6 is 22.7 Å². The summed E-state index contributed by atoms with van der Waals surface area (Å²) in [4.78, 5) is 15.3. The Morgan fingerprint density at radius 3 is 2.90 bits per heavy atom. The molecule has 0 spiro atoms. The molecule has 0 bridgehead atoms. The first-order valence-corrected chi connectivity index (χ1v) is 8.47. The lowest BCUT2D eigenvalue weighted by molar-refractivity contribution is 0.0739. The highest BCUT2D eigenvalue weighted by Crippen LogP contribution is 2.32. The van der Waals surface area contributed by atoms with Crippen LogP contribution in [-0.4, -0.2) is 22.5 Å². The van der Waals surface area contributed by atoms with E-state index in [2.05, 4.69) is 11.4 Å². The summed E-state index contributed by atoms with van der Waals surface area (Å²) >= 11 is 3.23. The van der Waals surface area contributed by atoms with Crippen molar-refractivity contribution < 1.29 is 9.90 Å². The van der Waals surface area contributed by atoms with Gasteiger partial charge >= 0.3 is 0 Å². The predicted octanol–water partition coefficient (Wildman–Crippen LogP) is 3.87. The Morgan fingerprint density at radius 2 is 2.05 bits per heavy atom. The molecule has 0 unspecified atom stereocenters. The summed E-state index contributed by atoms with van der Waals surface area (Å²) in [6.07, 6.45) is 0.848. The smallest absolute Gasteiger partial charge is 0.264 e. The van der Waals surface area contributed by atoms with Crippen LogP contribution in [0.2, 0.25) is 0 Å². The van der Waals surface area contributed by atoms with E-state index in [1.807, 2.05) is 17.0 Å². The second-order valence-electron chi connectivity index (χ2n) is 5.19. The molecule has 1 N–H and O–H groups in total. The van der Waals surface area contributed by atoms with Crippen LogP contribution in [0, 0.1) is 0 Å². The quantitative estimate of drug-likeness (QED) is 0.740. The summed E-state index contributed by atoms with van der Waals surface area (Å²) in [6.45, 7) is 1.32. The van der Waals surface area contributed by atoms with E-state index in [4.69, 9.17) is 0 Å². The van der Waals surface area contributed by atoms with E-state index < -0.39 is 0 Å². The second-order valence-corrected chi connectivity index (χ2v) is 7.22. The SMILES string of the molecule is O=C(c1cc2sccc2s1)N1CCc2ccc(O)cc2C1. The number of nitrogens with zero attached hydrogens (tertiary/aromatic N) is 1. The number of aromatic hydroxyl groups is 1. The topological polar surface area (TPSA) is 40.5 Å². The molecule has 3 nitrogen and oxygen atoms in total. The molecule has 1 aliphatic rings. The number of hydrogen-bond acceptors (Lipinski definition) is 4. The molecule has 0 aliphatic carbocycles. The zero-order valence-corrected chi connectivity index (χ0v) is 12.8. The van der Waals surface area contributed by atoms with Crippen molar-refractivity contribution in [1.29, 1.82) is 0 Å². The number of carbonyl (C=O) groups excluding carboxylic acids is 1. The molecule has 21 heavy (non-hydrogen) atoms. The highest BCUT2D eigenvalue weighted by atomic mass is 32.1. The van der Waals surface area contributed by atoms with E-state index >= 15 is 0 Å². The minimum atomic E-state index is 0.0948. The molecule has 106 valence electrons. The van der Waals surface area contributed by atoms with Crippen LogP contribution < -0.4 is 0 Å². The first kappa shape index (κ1) is 12.9. The van der Waals surface area contributed by atoms with Gasteiger partial charge in [-0.2, -0.15) is 0 Å². The second kappa shape index (κ2) is 4.86. The first-order chi connectivity index (χ1) is 10.2. The predicted molar refractivity (Wildman–Crippen MR) is 86.3 cm³/mol. The van der Waals surface area contributed by atoms with Gasteiger partial charge in [0.05, 0.1) is 4.88 Å². The molecular formula is C16H13NO2S2. The Balaban J connectivity index is 1.62. The van der Waals surface area contributed by atoms with Crippen molar-refractivity contribution in [3.63, 3.8) is 0 Å². The van der Waals surface area contributed by atoms with Crippen LogP contribution in [0.1, 0.15) is 20.8 Å². The molecule has 3 aromatic rings. The fourth-order valence-corrected chi connectivity index (χ4v) is 4.82. The molecule has 5 heteroatoms. The van der Waals surface area contributed by atoms with Gasteiger partial charge in [0.1, 0.15) is 5.75 Å². The van der Waals surface area contributed by atoms with Crippen LogP contribution in [0.25, 0.3) is 9.40 Å². The van der Waals surface area contributed by atoms with E-state index in [-0.39, 0.29) is 11.7 Å². The molecule has 1 aliphatic heterocycles. The molecule has 3 heterocycles. The molecule has 0 saturated carbocycles. The lowest BCUT2D eigenvalue weighted by Crippen LogP contribution is -2.35. The Morgan fingerprint density at radius 1 is 1.14 bits per heavy atom. The highest BCUT2D eigenvalue weighted by Gasteiger charge is 2.23. The van der Waals surface area contributed by atoms with Gasteiger partial charge in [-0.05, 0) is 47.2 Å². The zero-order chi connectivity index (χ0) is 14.4. The van der Waals surface area contributed by atoms with Gasteiger partial charge in [-0.1, -0.05) is 6.07 Å². The van der Waals surface area contributed by atoms with Crippen LogP contribution in [0.3, 0.4) is 0 Å². The molecular weight excluding hydrogens is 302 g/mol. The van der Waals surface area contributed by atoms with E-state index in [0.717, 1.165) is 23.4 Å². The van der Waals surface area contributed by atoms with Crippen molar-refractivity contribution in [2.24, 2.45) is 0 Å². The van der Waals surface area contributed by atoms with Crippen molar-refractivity contribution in [3.05, 3.63) is 51.7 Å². The van der Waals surface area contributed by atoms with Crippen LogP contribution in [0.15, 0.2) is 35.7 Å². The molecule has 2 aromatic heterocycles. The van der Waals surface area contributed by atoms with E-state index in [1.165, 1.54) is 15.0 Å². The molecule has 0 atom stereocenters. The van der Waals surface area contributed by atoms with Crippen molar-refractivity contribution in [3.8, 4) is 5.75 Å². The zero-order valence-electron chi connectivity index (χ0n) is 11.2. The average Bonchev–Trinajstić information content (AvgIpc) is 3.06. The minimum Gasteiger partial charge on any atom is -0.508 e. The summed E-state index contributed by atoms with van der Waals surface area (Å²) in [7, 11) is 0. The maximum atomic E-state index is 12.6. The number of phenolic OH excluding ortho intramolecular Hbond substituents is 1. The number of thiophene rings is 2. The molecule has 0 saturated heterocycles. The number of rotatable bonds is 1. The largest absolute Gasteiger partial charge is 0.508 e. The number of benzene rings is 1. The van der Waals surface area contributed by atoms with Crippen molar-refractivity contribution >= 4 is 38.0 Å². The summed E-state index contributed by atoms with van der Waals surface area (Å²) in [5.41, 5.74) is 2.27. The van der Waals surface area contributed by atoms with Gasteiger partial charge in [0.25, 0.3) is 5.91 Å². The minimum absolute atomic E-state index is 0.0948. The lowest BCUT2D eigenvalue weighted by atomic mass is 9.99. The molecule has 0 radical (unpaired) electrons. The lowest BCUT2D eigenvalue weighted by Gasteiger charge is -2.28. The third-order valence-electron chi connectivity index (χ3n) is 3.84. The maximum absolute atomic E-state index is 12.6. The Labute approximate surface area is 130 Å². The summed E-state index contributed by atoms with van der Waals surface area (Å²) in [5.74, 6) is 0.358. The number of carbonyl (C=O) groups is 1. The van der Waals surface area contributed by atoms with Gasteiger partial charge in [-0.3, -0.25) is 4.79 Å². The van der Waals surface area contributed by atoms with Crippen molar-refractivity contribution in [1.82, 2.24) is 4.90 Å². The number of hydrogen-bond donors (Lipinski definition) is 1. The highest BCUT2D eigenvalue weighted by molar-refractivity contribution is 7.27. The Hall–Kier alpha value is -1.85. The normalized spacial score (nSPS) is 14.4. The van der Waals surface area contributed by atoms with Crippen molar-refractivity contribution in [2.45, 2.75) is 13.0 Å². The summed E-state index contributed by atoms with van der Waals surface area (Å²) in [6, 6.07) is 9.48. The van der Waals surface area contributed by atoms with E-state index in [9.17, 15) is 9.90 Å². The Bertz CT molecular complexity index is 805. The fraction of sp³-hybridized carbons (Fsp3) is 0.188. The first-order valence-electron chi connectivity index (χ1n) is 6.78. The Kier molecular flexibility index (Phi) is 2.97. The fourth-order valence-electron chi connectivity index (χ4n) is 2.74. The molecule has 1 amide bonds. The van der Waals surface area contributed by atoms with E-state index in [1.54, 1.807) is 34.8 Å². The third-order valence-corrected chi connectivity index (χ3v) is 5.92. The van der Waals surface area contributed by atoms with Crippen molar-refractivity contribution in [2.75, 3.05) is 6.54 Å². The van der Waals surface area contributed by atoms with Crippen LogP contribution in [0.4, 0.5) is 0 Å². The van der Waals surface area contributed by atoms with Crippen LogP contribution in [0.5, 0.6) is 5.75 Å². The molecule has 4 rings (SSSR count). The maximum Gasteiger partial charge on any atom is 0.264 e.